The number of amides is 1. The maximum absolute atomic E-state index is 12.2. The van der Waals surface area contributed by atoms with Crippen molar-refractivity contribution in [2.45, 2.75) is 16.8 Å². The van der Waals surface area contributed by atoms with Gasteiger partial charge in [0.05, 0.1) is 13.2 Å². The molecule has 1 N–H and O–H groups in total. The van der Waals surface area contributed by atoms with E-state index < -0.39 is 5.51 Å². The van der Waals surface area contributed by atoms with E-state index >= 15 is 0 Å². The van der Waals surface area contributed by atoms with Gasteiger partial charge in [-0.05, 0) is 42.0 Å². The van der Waals surface area contributed by atoms with Crippen molar-refractivity contribution in [3.8, 4) is 0 Å². The summed E-state index contributed by atoms with van der Waals surface area (Å²) >= 11 is -0.169. The lowest BCUT2D eigenvalue weighted by Crippen LogP contribution is -2.23. The van der Waals surface area contributed by atoms with Crippen LogP contribution in [0.1, 0.15) is 12.0 Å². The first-order valence-electron chi connectivity index (χ1n) is 7.29. The second-order valence-corrected chi connectivity index (χ2v) is 5.84. The molecule has 0 unspecified atom stereocenters. The summed E-state index contributed by atoms with van der Waals surface area (Å²) in [5.74, 6) is -0.263. The lowest BCUT2D eigenvalue weighted by atomic mass is 10.2. The molecule has 1 rings (SSSR count). The Kier molecular flexibility index (Phi) is 9.51. The predicted molar refractivity (Wildman–Crippen MR) is 87.7 cm³/mol. The molecular formula is C16H20F3NO3S. The van der Waals surface area contributed by atoms with E-state index in [0.717, 1.165) is 0 Å². The van der Waals surface area contributed by atoms with Crippen LogP contribution in [0.15, 0.2) is 35.2 Å². The molecule has 0 spiro atoms. The van der Waals surface area contributed by atoms with Crippen molar-refractivity contribution in [1.29, 1.82) is 0 Å². The topological polar surface area (TPSA) is 47.6 Å². The molecule has 0 aliphatic heterocycles. The number of methoxy groups -OCH3 is 1. The molecule has 0 radical (unpaired) electrons. The van der Waals surface area contributed by atoms with Gasteiger partial charge in [-0.25, -0.2) is 0 Å². The Morgan fingerprint density at radius 2 is 1.92 bits per heavy atom. The summed E-state index contributed by atoms with van der Waals surface area (Å²) in [6.45, 7) is 2.07. The maximum Gasteiger partial charge on any atom is 0.446 e. The number of benzene rings is 1. The minimum absolute atomic E-state index is 0.109. The Labute approximate surface area is 143 Å². The van der Waals surface area contributed by atoms with Gasteiger partial charge in [0.1, 0.15) is 0 Å². The molecule has 1 aromatic rings. The summed E-state index contributed by atoms with van der Waals surface area (Å²) in [4.78, 5) is 11.7. The largest absolute Gasteiger partial charge is 0.446 e. The fourth-order valence-corrected chi connectivity index (χ4v) is 2.18. The van der Waals surface area contributed by atoms with Crippen LogP contribution >= 0.6 is 11.8 Å². The molecule has 0 saturated heterocycles. The summed E-state index contributed by atoms with van der Waals surface area (Å²) in [5.41, 5.74) is -3.65. The smallest absolute Gasteiger partial charge is 0.382 e. The van der Waals surface area contributed by atoms with Crippen LogP contribution < -0.4 is 5.32 Å². The molecule has 0 aliphatic rings. The fraction of sp³-hybridized carbons (Fsp3) is 0.438. The van der Waals surface area contributed by atoms with Gasteiger partial charge in [-0.15, -0.1) is 0 Å². The van der Waals surface area contributed by atoms with Gasteiger partial charge in [0, 0.05) is 31.2 Å². The van der Waals surface area contributed by atoms with Crippen molar-refractivity contribution < 1.29 is 27.4 Å². The van der Waals surface area contributed by atoms with E-state index in [0.29, 0.717) is 38.3 Å². The highest BCUT2D eigenvalue weighted by molar-refractivity contribution is 8.00. The molecule has 0 bridgehead atoms. The molecule has 8 heteroatoms. The Bertz CT molecular complexity index is 518. The van der Waals surface area contributed by atoms with Crippen LogP contribution in [0, 0.1) is 0 Å². The Morgan fingerprint density at radius 1 is 1.21 bits per heavy atom. The number of nitrogens with one attached hydrogen (secondary N) is 1. The van der Waals surface area contributed by atoms with Crippen molar-refractivity contribution in [2.75, 3.05) is 33.5 Å². The minimum atomic E-state index is -4.30. The highest BCUT2D eigenvalue weighted by Gasteiger charge is 2.28. The number of carbonyl (C=O) groups excluding carboxylic acids is 1. The monoisotopic (exact) mass is 363 g/mol. The highest BCUT2D eigenvalue weighted by Crippen LogP contribution is 2.36. The molecule has 0 atom stereocenters. The highest BCUT2D eigenvalue weighted by atomic mass is 32.2. The number of ether oxygens (including phenoxy) is 2. The number of carbonyl (C=O) groups is 1. The van der Waals surface area contributed by atoms with Crippen molar-refractivity contribution in [3.05, 3.63) is 35.9 Å². The zero-order valence-electron chi connectivity index (χ0n) is 13.3. The molecule has 24 heavy (non-hydrogen) atoms. The SMILES string of the molecule is COCCOCCCNC(=O)/C=C/c1ccc(SC(F)(F)F)cc1. The third-order valence-corrected chi connectivity index (χ3v) is 3.48. The second kappa shape index (κ2) is 11.1. The van der Waals surface area contributed by atoms with E-state index in [1.165, 1.54) is 30.3 Å². The first-order valence-corrected chi connectivity index (χ1v) is 8.11. The van der Waals surface area contributed by atoms with Crippen molar-refractivity contribution >= 4 is 23.7 Å². The van der Waals surface area contributed by atoms with Gasteiger partial charge >= 0.3 is 5.51 Å². The fourth-order valence-electron chi connectivity index (χ4n) is 1.64. The van der Waals surface area contributed by atoms with E-state index in [9.17, 15) is 18.0 Å². The maximum atomic E-state index is 12.2. The van der Waals surface area contributed by atoms with E-state index in [4.69, 9.17) is 9.47 Å². The number of hydrogen-bond acceptors (Lipinski definition) is 4. The molecule has 0 aliphatic carbocycles. The van der Waals surface area contributed by atoms with Gasteiger partial charge in [-0.2, -0.15) is 13.2 Å². The van der Waals surface area contributed by atoms with Gasteiger partial charge in [-0.3, -0.25) is 4.79 Å². The third-order valence-electron chi connectivity index (χ3n) is 2.74. The van der Waals surface area contributed by atoms with Crippen molar-refractivity contribution in [1.82, 2.24) is 5.32 Å². The predicted octanol–water partition coefficient (Wildman–Crippen LogP) is 3.48. The van der Waals surface area contributed by atoms with Gasteiger partial charge in [0.25, 0.3) is 0 Å². The van der Waals surface area contributed by atoms with E-state index in [2.05, 4.69) is 5.32 Å². The molecule has 0 fully saturated rings. The Hall–Kier alpha value is -1.51. The molecular weight excluding hydrogens is 343 g/mol. The van der Waals surface area contributed by atoms with Crippen LogP contribution in [0.3, 0.4) is 0 Å². The van der Waals surface area contributed by atoms with E-state index in [1.807, 2.05) is 0 Å². The van der Waals surface area contributed by atoms with Crippen LogP contribution in [-0.4, -0.2) is 44.9 Å². The van der Waals surface area contributed by atoms with Gasteiger partial charge in [0.2, 0.25) is 5.91 Å². The zero-order chi connectivity index (χ0) is 17.8. The first kappa shape index (κ1) is 20.5. The number of thioether (sulfide) groups is 1. The average molecular weight is 363 g/mol. The third kappa shape index (κ3) is 10.3. The van der Waals surface area contributed by atoms with E-state index in [1.54, 1.807) is 13.2 Å². The summed E-state index contributed by atoms with van der Waals surface area (Å²) in [7, 11) is 1.60. The lowest BCUT2D eigenvalue weighted by Gasteiger charge is -2.05. The Morgan fingerprint density at radius 3 is 2.54 bits per heavy atom. The number of alkyl halides is 3. The van der Waals surface area contributed by atoms with Crippen LogP contribution in [0.5, 0.6) is 0 Å². The van der Waals surface area contributed by atoms with Gasteiger partial charge in [-0.1, -0.05) is 12.1 Å². The molecule has 1 amide bonds. The second-order valence-electron chi connectivity index (χ2n) is 4.70. The molecule has 0 heterocycles. The Balaban J connectivity index is 2.26. The molecule has 134 valence electrons. The van der Waals surface area contributed by atoms with Crippen molar-refractivity contribution in [2.24, 2.45) is 0 Å². The van der Waals surface area contributed by atoms with Crippen LogP contribution in [-0.2, 0) is 14.3 Å². The number of rotatable bonds is 10. The normalized spacial score (nSPS) is 11.8. The van der Waals surface area contributed by atoms with E-state index in [-0.39, 0.29) is 22.6 Å². The van der Waals surface area contributed by atoms with Gasteiger partial charge in [0.15, 0.2) is 0 Å². The van der Waals surface area contributed by atoms with Crippen LogP contribution in [0.25, 0.3) is 6.08 Å². The quantitative estimate of drug-likeness (QED) is 0.393. The summed E-state index contributed by atoms with van der Waals surface area (Å²) in [6, 6.07) is 5.79. The molecule has 0 aromatic heterocycles. The van der Waals surface area contributed by atoms with Crippen LogP contribution in [0.2, 0.25) is 0 Å². The summed E-state index contributed by atoms with van der Waals surface area (Å²) < 4.78 is 46.7. The summed E-state index contributed by atoms with van der Waals surface area (Å²) in [6.07, 6.45) is 3.58. The average Bonchev–Trinajstić information content (AvgIpc) is 2.52. The number of halogens is 3. The number of hydrogen-bond donors (Lipinski definition) is 1. The minimum Gasteiger partial charge on any atom is -0.382 e. The summed E-state index contributed by atoms with van der Waals surface area (Å²) in [5, 5.41) is 2.70. The lowest BCUT2D eigenvalue weighted by molar-refractivity contribution is -0.116. The molecule has 0 saturated carbocycles. The van der Waals surface area contributed by atoms with Crippen molar-refractivity contribution in [3.63, 3.8) is 0 Å². The molecule has 4 nitrogen and oxygen atoms in total. The zero-order valence-corrected chi connectivity index (χ0v) is 14.1. The standard InChI is InChI=1S/C16H20F3NO3S/c1-22-11-12-23-10-2-9-20-15(21)8-5-13-3-6-14(7-4-13)24-16(17,18)19/h3-8H,2,9-12H2,1H3,(H,20,21)/b8-5+. The molecule has 1 aromatic carbocycles. The van der Waals surface area contributed by atoms with Crippen LogP contribution in [0.4, 0.5) is 13.2 Å². The first-order chi connectivity index (χ1) is 11.4. The van der Waals surface area contributed by atoms with Gasteiger partial charge < -0.3 is 14.8 Å².